The Hall–Kier alpha value is -1.39. The quantitative estimate of drug-likeness (QED) is 0.684. The number of nitrogens with zero attached hydrogens (tertiary/aromatic N) is 3. The van der Waals surface area contributed by atoms with E-state index < -0.39 is 0 Å². The van der Waals surface area contributed by atoms with Gasteiger partial charge >= 0.3 is 5.97 Å². The van der Waals surface area contributed by atoms with Gasteiger partial charge in [0, 0.05) is 6.54 Å². The molecule has 0 aliphatic rings. The van der Waals surface area contributed by atoms with Crippen molar-refractivity contribution in [2.24, 2.45) is 0 Å². The maximum Gasteiger partial charge on any atom is 0.315 e. The standard InChI is InChI=1S/C12H21N3O2/c1-4-7-10(12(16)17-6-3)11-9-13-14-15(11)8-5-2/h9-10H,4-8H2,1-3H3. The molecule has 1 unspecified atom stereocenters. The first-order chi connectivity index (χ1) is 8.24. The SMILES string of the molecule is CCCC(C(=O)OCC)c1cnnn1CCC. The summed E-state index contributed by atoms with van der Waals surface area (Å²) >= 11 is 0. The number of hydrogen-bond acceptors (Lipinski definition) is 4. The van der Waals surface area contributed by atoms with Crippen molar-refractivity contribution < 1.29 is 9.53 Å². The average Bonchev–Trinajstić information content (AvgIpc) is 2.75. The Kier molecular flexibility index (Phi) is 5.66. The maximum absolute atomic E-state index is 11.9. The molecule has 5 nitrogen and oxygen atoms in total. The van der Waals surface area contributed by atoms with Crippen molar-refractivity contribution in [3.05, 3.63) is 11.9 Å². The number of aryl methyl sites for hydroxylation is 1. The van der Waals surface area contributed by atoms with Crippen molar-refractivity contribution >= 4 is 5.97 Å². The molecule has 0 bridgehead atoms. The molecule has 0 amide bonds. The Morgan fingerprint density at radius 3 is 2.76 bits per heavy atom. The number of aromatic nitrogens is 3. The Morgan fingerprint density at radius 1 is 1.41 bits per heavy atom. The number of rotatable bonds is 7. The molecule has 0 saturated carbocycles. The lowest BCUT2D eigenvalue weighted by Gasteiger charge is -2.15. The molecule has 1 rings (SSSR count). The van der Waals surface area contributed by atoms with Gasteiger partial charge in [0.05, 0.1) is 18.5 Å². The summed E-state index contributed by atoms with van der Waals surface area (Å²) in [6.07, 6.45) is 4.35. The van der Waals surface area contributed by atoms with Gasteiger partial charge in [-0.2, -0.15) is 0 Å². The summed E-state index contributed by atoms with van der Waals surface area (Å²) in [5.41, 5.74) is 0.868. The smallest absolute Gasteiger partial charge is 0.315 e. The van der Waals surface area contributed by atoms with Crippen LogP contribution in [0.2, 0.25) is 0 Å². The molecular formula is C12H21N3O2. The van der Waals surface area contributed by atoms with E-state index in [4.69, 9.17) is 4.74 Å². The zero-order valence-electron chi connectivity index (χ0n) is 10.8. The van der Waals surface area contributed by atoms with Crippen LogP contribution in [-0.2, 0) is 16.1 Å². The van der Waals surface area contributed by atoms with Gasteiger partial charge in [-0.1, -0.05) is 25.5 Å². The molecular weight excluding hydrogens is 218 g/mol. The largest absolute Gasteiger partial charge is 0.465 e. The molecule has 1 atom stereocenters. The van der Waals surface area contributed by atoms with E-state index in [0.29, 0.717) is 6.61 Å². The van der Waals surface area contributed by atoms with E-state index in [1.807, 2.05) is 6.92 Å². The molecule has 0 aromatic carbocycles. The number of esters is 1. The van der Waals surface area contributed by atoms with Crippen LogP contribution in [0.5, 0.6) is 0 Å². The Bertz CT molecular complexity index is 349. The van der Waals surface area contributed by atoms with Gasteiger partial charge in [-0.3, -0.25) is 4.79 Å². The fourth-order valence-electron chi connectivity index (χ4n) is 1.84. The molecule has 0 saturated heterocycles. The van der Waals surface area contributed by atoms with Crippen LogP contribution in [-0.4, -0.2) is 27.6 Å². The Labute approximate surface area is 102 Å². The summed E-state index contributed by atoms with van der Waals surface area (Å²) in [6, 6.07) is 0. The minimum Gasteiger partial charge on any atom is -0.465 e. The third kappa shape index (κ3) is 3.54. The summed E-state index contributed by atoms with van der Waals surface area (Å²) in [5, 5.41) is 7.90. The number of hydrogen-bond donors (Lipinski definition) is 0. The Balaban J connectivity index is 2.88. The van der Waals surface area contributed by atoms with Crippen molar-refractivity contribution in [2.75, 3.05) is 6.61 Å². The van der Waals surface area contributed by atoms with Crippen molar-refractivity contribution in [3.8, 4) is 0 Å². The van der Waals surface area contributed by atoms with Crippen LogP contribution < -0.4 is 0 Å². The molecule has 1 aromatic heterocycles. The Morgan fingerprint density at radius 2 is 2.18 bits per heavy atom. The number of carbonyl (C=O) groups is 1. The van der Waals surface area contributed by atoms with E-state index in [1.54, 1.807) is 10.9 Å². The van der Waals surface area contributed by atoms with Gasteiger partial charge < -0.3 is 4.74 Å². The van der Waals surface area contributed by atoms with Gasteiger partial charge in [0.15, 0.2) is 0 Å². The second kappa shape index (κ2) is 7.04. The summed E-state index contributed by atoms with van der Waals surface area (Å²) in [6.45, 7) is 7.15. The highest BCUT2D eigenvalue weighted by atomic mass is 16.5. The van der Waals surface area contributed by atoms with E-state index in [1.165, 1.54) is 0 Å². The molecule has 0 spiro atoms. The van der Waals surface area contributed by atoms with Crippen LogP contribution >= 0.6 is 0 Å². The van der Waals surface area contributed by atoms with Gasteiger partial charge in [-0.05, 0) is 19.8 Å². The lowest BCUT2D eigenvalue weighted by atomic mass is 10.0. The zero-order valence-corrected chi connectivity index (χ0v) is 10.8. The topological polar surface area (TPSA) is 57.0 Å². The van der Waals surface area contributed by atoms with Crippen LogP contribution in [0, 0.1) is 0 Å². The van der Waals surface area contributed by atoms with Gasteiger partial charge in [0.25, 0.3) is 0 Å². The first kappa shape index (κ1) is 13.7. The number of carbonyl (C=O) groups excluding carboxylic acids is 1. The first-order valence-electron chi connectivity index (χ1n) is 6.29. The second-order valence-corrected chi connectivity index (χ2v) is 3.98. The average molecular weight is 239 g/mol. The minimum absolute atomic E-state index is 0.172. The van der Waals surface area contributed by atoms with E-state index in [-0.39, 0.29) is 11.9 Å². The van der Waals surface area contributed by atoms with Crippen molar-refractivity contribution in [2.45, 2.75) is 52.5 Å². The lowest BCUT2D eigenvalue weighted by molar-refractivity contribution is -0.145. The van der Waals surface area contributed by atoms with E-state index in [9.17, 15) is 4.79 Å². The minimum atomic E-state index is -0.235. The van der Waals surface area contributed by atoms with Gasteiger partial charge in [-0.15, -0.1) is 5.10 Å². The predicted octanol–water partition coefficient (Wildman–Crippen LogP) is 2.13. The van der Waals surface area contributed by atoms with E-state index in [0.717, 1.165) is 31.5 Å². The molecule has 0 N–H and O–H groups in total. The molecule has 5 heteroatoms. The normalized spacial score (nSPS) is 12.4. The lowest BCUT2D eigenvalue weighted by Crippen LogP contribution is -2.19. The van der Waals surface area contributed by atoms with Crippen molar-refractivity contribution in [1.82, 2.24) is 15.0 Å². The molecule has 1 heterocycles. The first-order valence-corrected chi connectivity index (χ1v) is 6.29. The van der Waals surface area contributed by atoms with Crippen LogP contribution in [0.15, 0.2) is 6.20 Å². The fraction of sp³-hybridized carbons (Fsp3) is 0.750. The molecule has 96 valence electrons. The van der Waals surface area contributed by atoms with Crippen LogP contribution in [0.25, 0.3) is 0 Å². The van der Waals surface area contributed by atoms with Crippen molar-refractivity contribution in [1.29, 1.82) is 0 Å². The summed E-state index contributed by atoms with van der Waals surface area (Å²) in [7, 11) is 0. The molecule has 0 radical (unpaired) electrons. The molecule has 0 aliphatic heterocycles. The van der Waals surface area contributed by atoms with Gasteiger partial charge in [-0.25, -0.2) is 4.68 Å². The third-order valence-electron chi connectivity index (χ3n) is 2.59. The zero-order chi connectivity index (χ0) is 12.7. The van der Waals surface area contributed by atoms with E-state index >= 15 is 0 Å². The number of ether oxygens (including phenoxy) is 1. The van der Waals surface area contributed by atoms with Crippen LogP contribution in [0.1, 0.15) is 51.6 Å². The van der Waals surface area contributed by atoms with E-state index in [2.05, 4.69) is 24.2 Å². The highest BCUT2D eigenvalue weighted by molar-refractivity contribution is 5.77. The van der Waals surface area contributed by atoms with Gasteiger partial charge in [0.1, 0.15) is 5.92 Å². The predicted molar refractivity (Wildman–Crippen MR) is 64.6 cm³/mol. The third-order valence-corrected chi connectivity index (χ3v) is 2.59. The fourth-order valence-corrected chi connectivity index (χ4v) is 1.84. The van der Waals surface area contributed by atoms with Crippen LogP contribution in [0.4, 0.5) is 0 Å². The summed E-state index contributed by atoms with van der Waals surface area (Å²) in [4.78, 5) is 11.9. The summed E-state index contributed by atoms with van der Waals surface area (Å²) < 4.78 is 6.91. The van der Waals surface area contributed by atoms with Crippen molar-refractivity contribution in [3.63, 3.8) is 0 Å². The molecule has 0 aliphatic carbocycles. The highest BCUT2D eigenvalue weighted by Gasteiger charge is 2.25. The highest BCUT2D eigenvalue weighted by Crippen LogP contribution is 2.22. The molecule has 1 aromatic rings. The maximum atomic E-state index is 11.9. The second-order valence-electron chi connectivity index (χ2n) is 3.98. The molecule has 0 fully saturated rings. The van der Waals surface area contributed by atoms with Crippen LogP contribution in [0.3, 0.4) is 0 Å². The summed E-state index contributed by atoms with van der Waals surface area (Å²) in [5.74, 6) is -0.407. The molecule has 17 heavy (non-hydrogen) atoms. The monoisotopic (exact) mass is 239 g/mol. The van der Waals surface area contributed by atoms with Gasteiger partial charge in [0.2, 0.25) is 0 Å².